The van der Waals surface area contributed by atoms with Crippen molar-refractivity contribution in [3.05, 3.63) is 70.2 Å². The lowest BCUT2D eigenvalue weighted by Crippen LogP contribution is -2.05. The molecule has 0 atom stereocenters. The molecule has 0 aliphatic heterocycles. The average molecular weight is 314 g/mol. The lowest BCUT2D eigenvalue weighted by Gasteiger charge is -2.07. The minimum atomic E-state index is -4.36. The minimum Gasteiger partial charge on any atom is -0.391 e. The van der Waals surface area contributed by atoms with Gasteiger partial charge < -0.3 is 4.84 Å². The summed E-state index contributed by atoms with van der Waals surface area (Å²) >= 11 is 5.92. The summed E-state index contributed by atoms with van der Waals surface area (Å²) in [4.78, 5) is 4.99. The average Bonchev–Trinajstić information content (AvgIpc) is 2.45. The lowest BCUT2D eigenvalue weighted by atomic mass is 10.1. The molecule has 2 nitrogen and oxygen atoms in total. The molecule has 0 radical (unpaired) electrons. The van der Waals surface area contributed by atoms with Crippen LogP contribution in [0.1, 0.15) is 16.7 Å². The first-order valence-corrected chi connectivity index (χ1v) is 6.40. The molecule has 0 N–H and O–H groups in total. The van der Waals surface area contributed by atoms with Gasteiger partial charge in [0.1, 0.15) is 6.61 Å². The predicted molar refractivity (Wildman–Crippen MR) is 75.3 cm³/mol. The molecule has 0 saturated carbocycles. The first-order chi connectivity index (χ1) is 9.97. The number of benzene rings is 2. The van der Waals surface area contributed by atoms with Gasteiger partial charge in [-0.3, -0.25) is 0 Å². The third kappa shape index (κ3) is 4.49. The number of hydrogen-bond donors (Lipinski definition) is 0. The molecule has 0 spiro atoms. The monoisotopic (exact) mass is 313 g/mol. The molecule has 0 amide bonds. The van der Waals surface area contributed by atoms with E-state index in [1.165, 1.54) is 12.3 Å². The van der Waals surface area contributed by atoms with Gasteiger partial charge in [0.25, 0.3) is 0 Å². The fourth-order valence-electron chi connectivity index (χ4n) is 1.62. The van der Waals surface area contributed by atoms with Gasteiger partial charge in [-0.15, -0.1) is 0 Å². The molecule has 0 aromatic heterocycles. The molecule has 21 heavy (non-hydrogen) atoms. The van der Waals surface area contributed by atoms with E-state index in [0.717, 1.165) is 12.1 Å². The van der Waals surface area contributed by atoms with Gasteiger partial charge in [0, 0.05) is 10.6 Å². The van der Waals surface area contributed by atoms with E-state index in [1.807, 2.05) is 0 Å². The van der Waals surface area contributed by atoms with E-state index in [2.05, 4.69) is 5.16 Å². The Bertz CT molecular complexity index is 641. The highest BCUT2D eigenvalue weighted by molar-refractivity contribution is 6.33. The summed E-state index contributed by atoms with van der Waals surface area (Å²) in [5, 5.41) is 4.22. The molecular weight excluding hydrogens is 303 g/mol. The Kier molecular flexibility index (Phi) is 4.85. The maximum Gasteiger partial charge on any atom is 0.416 e. The summed E-state index contributed by atoms with van der Waals surface area (Å²) in [6.45, 7) is -0.0507. The topological polar surface area (TPSA) is 21.6 Å². The Morgan fingerprint density at radius 2 is 1.86 bits per heavy atom. The van der Waals surface area contributed by atoms with E-state index >= 15 is 0 Å². The number of alkyl halides is 3. The van der Waals surface area contributed by atoms with Crippen LogP contribution in [0.4, 0.5) is 13.2 Å². The number of hydrogen-bond acceptors (Lipinski definition) is 2. The van der Waals surface area contributed by atoms with Crippen LogP contribution >= 0.6 is 11.6 Å². The van der Waals surface area contributed by atoms with Crippen LogP contribution in [0.2, 0.25) is 5.02 Å². The zero-order valence-corrected chi connectivity index (χ0v) is 11.5. The molecule has 0 heterocycles. The first-order valence-electron chi connectivity index (χ1n) is 6.03. The van der Waals surface area contributed by atoms with Crippen molar-refractivity contribution in [2.75, 3.05) is 0 Å². The maximum absolute atomic E-state index is 12.5. The van der Waals surface area contributed by atoms with Gasteiger partial charge in [-0.25, -0.2) is 0 Å². The summed E-state index contributed by atoms with van der Waals surface area (Å²) in [6, 6.07) is 11.9. The fraction of sp³-hybridized carbons (Fsp3) is 0.133. The Balaban J connectivity index is 1.97. The highest BCUT2D eigenvalue weighted by atomic mass is 35.5. The van der Waals surface area contributed by atoms with E-state index < -0.39 is 11.7 Å². The van der Waals surface area contributed by atoms with Crippen LogP contribution in [-0.2, 0) is 17.6 Å². The molecule has 0 saturated heterocycles. The van der Waals surface area contributed by atoms with Crippen LogP contribution < -0.4 is 0 Å². The molecule has 0 bridgehead atoms. The van der Waals surface area contributed by atoms with Gasteiger partial charge in [-0.2, -0.15) is 13.2 Å². The van der Waals surface area contributed by atoms with Crippen LogP contribution in [0.25, 0.3) is 0 Å². The minimum absolute atomic E-state index is 0.0507. The molecule has 0 fully saturated rings. The summed E-state index contributed by atoms with van der Waals surface area (Å²) in [6.07, 6.45) is -2.95. The Hall–Kier alpha value is -2.01. The summed E-state index contributed by atoms with van der Waals surface area (Å²) in [5.74, 6) is 0. The molecular formula is C15H11ClF3NO. The third-order valence-electron chi connectivity index (χ3n) is 2.66. The van der Waals surface area contributed by atoms with E-state index in [1.54, 1.807) is 30.3 Å². The van der Waals surface area contributed by atoms with Crippen LogP contribution in [0.15, 0.2) is 53.7 Å². The van der Waals surface area contributed by atoms with Gasteiger partial charge in [0.05, 0.1) is 11.8 Å². The molecule has 0 aliphatic rings. The number of rotatable bonds is 4. The van der Waals surface area contributed by atoms with Crippen molar-refractivity contribution in [2.45, 2.75) is 12.8 Å². The van der Waals surface area contributed by atoms with Crippen molar-refractivity contribution in [3.8, 4) is 0 Å². The molecule has 0 aliphatic carbocycles. The first kappa shape index (κ1) is 15.4. The summed E-state index contributed by atoms with van der Waals surface area (Å²) in [7, 11) is 0. The van der Waals surface area contributed by atoms with E-state index in [0.29, 0.717) is 16.1 Å². The maximum atomic E-state index is 12.5. The Labute approximate surface area is 124 Å². The Morgan fingerprint density at radius 3 is 2.57 bits per heavy atom. The molecule has 2 aromatic rings. The summed E-state index contributed by atoms with van der Waals surface area (Å²) < 4.78 is 37.6. The van der Waals surface area contributed by atoms with Gasteiger partial charge in [-0.05, 0) is 23.8 Å². The standard InChI is InChI=1S/C15H11ClF3NO/c16-14-7-2-1-5-12(14)9-20-21-10-11-4-3-6-13(8-11)15(17,18)19/h1-9H,10H2. The van der Waals surface area contributed by atoms with Crippen LogP contribution in [0.3, 0.4) is 0 Å². The van der Waals surface area contributed by atoms with Crippen molar-refractivity contribution in [1.82, 2.24) is 0 Å². The number of nitrogens with zero attached hydrogens (tertiary/aromatic N) is 1. The number of oxime groups is 1. The molecule has 0 unspecified atom stereocenters. The highest BCUT2D eigenvalue weighted by Crippen LogP contribution is 2.29. The second-order valence-electron chi connectivity index (χ2n) is 4.23. The predicted octanol–water partition coefficient (Wildman–Crippen LogP) is 4.91. The second-order valence-corrected chi connectivity index (χ2v) is 4.63. The van der Waals surface area contributed by atoms with E-state index in [9.17, 15) is 13.2 Å². The van der Waals surface area contributed by atoms with E-state index in [4.69, 9.17) is 16.4 Å². The zero-order valence-electron chi connectivity index (χ0n) is 10.8. The van der Waals surface area contributed by atoms with Crippen molar-refractivity contribution in [3.63, 3.8) is 0 Å². The van der Waals surface area contributed by atoms with E-state index in [-0.39, 0.29) is 6.61 Å². The van der Waals surface area contributed by atoms with Crippen molar-refractivity contribution in [1.29, 1.82) is 0 Å². The third-order valence-corrected chi connectivity index (χ3v) is 3.00. The van der Waals surface area contributed by atoms with Gasteiger partial charge in [0.15, 0.2) is 0 Å². The largest absolute Gasteiger partial charge is 0.416 e. The van der Waals surface area contributed by atoms with Crippen LogP contribution in [-0.4, -0.2) is 6.21 Å². The van der Waals surface area contributed by atoms with Crippen molar-refractivity contribution < 1.29 is 18.0 Å². The van der Waals surface area contributed by atoms with Gasteiger partial charge in [-0.1, -0.05) is 47.1 Å². The molecule has 110 valence electrons. The molecule has 2 rings (SSSR count). The lowest BCUT2D eigenvalue weighted by molar-refractivity contribution is -0.137. The zero-order chi connectivity index (χ0) is 15.3. The molecule has 2 aromatic carbocycles. The SMILES string of the molecule is FC(F)(F)c1cccc(CON=Cc2ccccc2Cl)c1. The normalized spacial score (nSPS) is 11.8. The highest BCUT2D eigenvalue weighted by Gasteiger charge is 2.30. The Morgan fingerprint density at radius 1 is 1.10 bits per heavy atom. The van der Waals surface area contributed by atoms with Gasteiger partial charge >= 0.3 is 6.18 Å². The second kappa shape index (κ2) is 6.63. The summed E-state index contributed by atoms with van der Waals surface area (Å²) in [5.41, 5.74) is 0.350. The molecule has 6 heteroatoms. The van der Waals surface area contributed by atoms with Crippen molar-refractivity contribution in [2.24, 2.45) is 5.16 Å². The quantitative estimate of drug-likeness (QED) is 0.580. The smallest absolute Gasteiger partial charge is 0.391 e. The van der Waals surface area contributed by atoms with Crippen LogP contribution in [0, 0.1) is 0 Å². The fourth-order valence-corrected chi connectivity index (χ4v) is 1.81. The van der Waals surface area contributed by atoms with Gasteiger partial charge in [0.2, 0.25) is 0 Å². The van der Waals surface area contributed by atoms with Crippen LogP contribution in [0.5, 0.6) is 0 Å². The number of halogens is 4. The van der Waals surface area contributed by atoms with Crippen molar-refractivity contribution >= 4 is 17.8 Å².